The Kier molecular flexibility index (Phi) is 3.72. The Morgan fingerprint density at radius 3 is 2.50 bits per heavy atom. The van der Waals surface area contributed by atoms with Crippen LogP contribution in [-0.2, 0) is 11.1 Å². The van der Waals surface area contributed by atoms with Gasteiger partial charge in [0.15, 0.2) is 11.1 Å². The fourth-order valence-electron chi connectivity index (χ4n) is 3.82. The summed E-state index contributed by atoms with van der Waals surface area (Å²) in [5.41, 5.74) is 0. The summed E-state index contributed by atoms with van der Waals surface area (Å²) in [7, 11) is 4.21. The van der Waals surface area contributed by atoms with Crippen LogP contribution in [0.25, 0.3) is 0 Å². The molecule has 0 radical (unpaired) electrons. The highest BCUT2D eigenvalue weighted by Gasteiger charge is 2.51. The lowest BCUT2D eigenvalue weighted by molar-refractivity contribution is 0.0836. The first kappa shape index (κ1) is 12.5. The molecule has 94 valence electrons. The average molecular weight is 245 g/mol. The normalized spacial score (nSPS) is 41.8. The van der Waals surface area contributed by atoms with Gasteiger partial charge in [-0.1, -0.05) is 19.3 Å². The first-order chi connectivity index (χ1) is 7.58. The first-order valence-electron chi connectivity index (χ1n) is 6.35. The van der Waals surface area contributed by atoms with E-state index in [0.29, 0.717) is 12.0 Å². The second kappa shape index (κ2) is 4.75. The maximum atomic E-state index is 11.8. The highest BCUT2D eigenvalue weighted by atomic mass is 32.2. The summed E-state index contributed by atoms with van der Waals surface area (Å²) in [5, 5.41) is 0. The third kappa shape index (κ3) is 1.95. The Bertz CT molecular complexity index is 278. The molecule has 4 atom stereocenters. The van der Waals surface area contributed by atoms with Crippen molar-refractivity contribution in [1.29, 1.82) is 0 Å². The summed E-state index contributed by atoms with van der Waals surface area (Å²) in [4.78, 5) is 2.26. The molecule has 0 amide bonds. The summed E-state index contributed by atoms with van der Waals surface area (Å²) in [6.45, 7) is 0. The molecule has 0 aliphatic heterocycles. The summed E-state index contributed by atoms with van der Waals surface area (Å²) >= 11 is -1.65. The number of hydrogen-bond donors (Lipinski definition) is 1. The molecule has 2 fully saturated rings. The quantitative estimate of drug-likeness (QED) is 0.759. The monoisotopic (exact) mass is 245 g/mol. The van der Waals surface area contributed by atoms with E-state index in [1.54, 1.807) is 0 Å². The molecule has 4 heteroatoms. The zero-order valence-electron chi connectivity index (χ0n) is 10.3. The lowest BCUT2D eigenvalue weighted by atomic mass is 9.67. The van der Waals surface area contributed by atoms with E-state index in [1.165, 1.54) is 12.8 Å². The van der Waals surface area contributed by atoms with Crippen molar-refractivity contribution in [2.45, 2.75) is 55.7 Å². The Balaban J connectivity index is 2.27. The van der Waals surface area contributed by atoms with E-state index in [9.17, 15) is 8.76 Å². The van der Waals surface area contributed by atoms with Crippen molar-refractivity contribution < 1.29 is 8.76 Å². The Hall–Kier alpha value is 0.0700. The van der Waals surface area contributed by atoms with Crippen molar-refractivity contribution in [3.63, 3.8) is 0 Å². The summed E-state index contributed by atoms with van der Waals surface area (Å²) in [6, 6.07) is 0.505. The molecule has 0 heterocycles. The molecule has 2 aliphatic carbocycles. The smallest absolute Gasteiger partial charge is 0.159 e. The van der Waals surface area contributed by atoms with Gasteiger partial charge in [-0.15, -0.1) is 0 Å². The fourth-order valence-corrected chi connectivity index (χ4v) is 5.00. The van der Waals surface area contributed by atoms with E-state index in [-0.39, 0.29) is 4.75 Å². The van der Waals surface area contributed by atoms with Gasteiger partial charge in [0.25, 0.3) is 0 Å². The van der Waals surface area contributed by atoms with E-state index in [4.69, 9.17) is 0 Å². The van der Waals surface area contributed by atoms with E-state index in [0.717, 1.165) is 32.1 Å². The van der Waals surface area contributed by atoms with Gasteiger partial charge in [-0.25, -0.2) is 4.21 Å². The predicted molar refractivity (Wildman–Crippen MR) is 66.8 cm³/mol. The van der Waals surface area contributed by atoms with Gasteiger partial charge in [0, 0.05) is 6.04 Å². The second-order valence-corrected chi connectivity index (χ2v) is 6.90. The van der Waals surface area contributed by atoms with E-state index in [2.05, 4.69) is 19.0 Å². The van der Waals surface area contributed by atoms with Crippen LogP contribution >= 0.6 is 0 Å². The standard InChI is InChI=1S/C12H23NO2S/c1-13(2)11-7-5-9-12(16(14)15)8-4-3-6-10(11)12/h10-11H,3-9H2,1-2H3,(H,14,15). The molecule has 2 saturated carbocycles. The third-order valence-electron chi connectivity index (χ3n) is 4.62. The van der Waals surface area contributed by atoms with E-state index >= 15 is 0 Å². The zero-order valence-corrected chi connectivity index (χ0v) is 11.1. The topological polar surface area (TPSA) is 40.5 Å². The number of fused-ring (bicyclic) bond motifs is 1. The molecule has 0 aromatic heterocycles. The molecule has 2 aliphatic rings. The Morgan fingerprint density at radius 1 is 1.19 bits per heavy atom. The van der Waals surface area contributed by atoms with Gasteiger partial charge in [-0.2, -0.15) is 0 Å². The molecule has 0 aromatic rings. The van der Waals surface area contributed by atoms with Crippen molar-refractivity contribution in [3.8, 4) is 0 Å². The Morgan fingerprint density at radius 2 is 1.88 bits per heavy atom. The van der Waals surface area contributed by atoms with Gasteiger partial charge in [-0.3, -0.25) is 0 Å². The third-order valence-corrected chi connectivity index (χ3v) is 6.02. The minimum Gasteiger partial charge on any atom is -0.306 e. The number of nitrogens with zero attached hydrogens (tertiary/aromatic N) is 1. The summed E-state index contributed by atoms with van der Waals surface area (Å²) in [6.07, 6.45) is 7.69. The SMILES string of the molecule is CN(C)C1CCCC2(S(=O)O)CCCCC12. The van der Waals surface area contributed by atoms with Crippen LogP contribution in [0.4, 0.5) is 0 Å². The average Bonchev–Trinajstić information content (AvgIpc) is 2.27. The van der Waals surface area contributed by atoms with Gasteiger partial charge in [0.1, 0.15) is 0 Å². The van der Waals surface area contributed by atoms with Crippen molar-refractivity contribution >= 4 is 11.1 Å². The van der Waals surface area contributed by atoms with Gasteiger partial charge in [0.2, 0.25) is 0 Å². The van der Waals surface area contributed by atoms with Crippen LogP contribution in [0.2, 0.25) is 0 Å². The molecule has 0 aromatic carbocycles. The second-order valence-electron chi connectivity index (χ2n) is 5.59. The van der Waals surface area contributed by atoms with Crippen molar-refractivity contribution in [1.82, 2.24) is 4.90 Å². The molecule has 0 saturated heterocycles. The largest absolute Gasteiger partial charge is 0.306 e. The molecular formula is C12H23NO2S. The van der Waals surface area contributed by atoms with Crippen LogP contribution in [0, 0.1) is 5.92 Å². The minimum atomic E-state index is -1.65. The van der Waals surface area contributed by atoms with Crippen LogP contribution in [0.15, 0.2) is 0 Å². The summed E-state index contributed by atoms with van der Waals surface area (Å²) < 4.78 is 21.2. The van der Waals surface area contributed by atoms with Crippen LogP contribution in [0.3, 0.4) is 0 Å². The molecule has 4 unspecified atom stereocenters. The maximum absolute atomic E-state index is 11.8. The number of rotatable bonds is 2. The molecule has 16 heavy (non-hydrogen) atoms. The lowest BCUT2D eigenvalue weighted by Crippen LogP contribution is -2.55. The van der Waals surface area contributed by atoms with Crippen LogP contribution in [0.1, 0.15) is 44.9 Å². The molecule has 2 rings (SSSR count). The highest BCUT2D eigenvalue weighted by Crippen LogP contribution is 2.48. The minimum absolute atomic E-state index is 0.286. The van der Waals surface area contributed by atoms with Gasteiger partial charge in [-0.05, 0) is 45.7 Å². The van der Waals surface area contributed by atoms with Gasteiger partial charge >= 0.3 is 0 Å². The van der Waals surface area contributed by atoms with Crippen LogP contribution in [-0.4, -0.2) is 38.5 Å². The van der Waals surface area contributed by atoms with Crippen molar-refractivity contribution in [2.75, 3.05) is 14.1 Å². The first-order valence-corrected chi connectivity index (χ1v) is 7.46. The molecule has 1 N–H and O–H groups in total. The van der Waals surface area contributed by atoms with Gasteiger partial charge < -0.3 is 9.45 Å². The number of hydrogen-bond acceptors (Lipinski definition) is 2. The fraction of sp³-hybridized carbons (Fsp3) is 1.00. The van der Waals surface area contributed by atoms with Crippen molar-refractivity contribution in [3.05, 3.63) is 0 Å². The summed E-state index contributed by atoms with van der Waals surface area (Å²) in [5.74, 6) is 0.427. The predicted octanol–water partition coefficient (Wildman–Crippen LogP) is 2.25. The van der Waals surface area contributed by atoms with Crippen LogP contribution < -0.4 is 0 Å². The Labute approximate surface area is 101 Å². The molecular weight excluding hydrogens is 222 g/mol. The maximum Gasteiger partial charge on any atom is 0.159 e. The van der Waals surface area contributed by atoms with Crippen molar-refractivity contribution in [2.24, 2.45) is 5.92 Å². The molecule has 0 spiro atoms. The zero-order chi connectivity index (χ0) is 11.8. The van der Waals surface area contributed by atoms with E-state index in [1.807, 2.05) is 0 Å². The molecule has 0 bridgehead atoms. The van der Waals surface area contributed by atoms with E-state index < -0.39 is 11.1 Å². The highest BCUT2D eigenvalue weighted by molar-refractivity contribution is 7.80. The van der Waals surface area contributed by atoms with Gasteiger partial charge in [0.05, 0.1) is 4.75 Å². The lowest BCUT2D eigenvalue weighted by Gasteiger charge is -2.50. The molecule has 3 nitrogen and oxygen atoms in total. The van der Waals surface area contributed by atoms with Crippen LogP contribution in [0.5, 0.6) is 0 Å².